The van der Waals surface area contributed by atoms with Crippen LogP contribution in [0.4, 0.5) is 28.0 Å². The summed E-state index contributed by atoms with van der Waals surface area (Å²) in [5.41, 5.74) is -0.899. The number of carbonyl (C=O) groups excluding carboxylic acids is 2. The topological polar surface area (TPSA) is 98.1 Å². The maximum absolute atomic E-state index is 13.4. The summed E-state index contributed by atoms with van der Waals surface area (Å²) in [6.45, 7) is 5.16. The third-order valence-corrected chi connectivity index (χ3v) is 4.31. The number of aryl methyl sites for hydroxylation is 2. The van der Waals surface area contributed by atoms with E-state index in [1.165, 1.54) is 10.7 Å². The first-order valence-corrected chi connectivity index (χ1v) is 9.37. The molecule has 2 heterocycles. The van der Waals surface area contributed by atoms with Gasteiger partial charge in [0.1, 0.15) is 11.4 Å². The van der Waals surface area contributed by atoms with Crippen LogP contribution >= 0.6 is 0 Å². The van der Waals surface area contributed by atoms with Crippen molar-refractivity contribution in [2.24, 2.45) is 7.05 Å². The second-order valence-corrected chi connectivity index (χ2v) is 7.19. The van der Waals surface area contributed by atoms with Gasteiger partial charge in [-0.15, -0.1) is 0 Å². The van der Waals surface area contributed by atoms with Gasteiger partial charge in [0.2, 0.25) is 5.88 Å². The molecule has 0 saturated carbocycles. The zero-order valence-electron chi connectivity index (χ0n) is 17.5. The van der Waals surface area contributed by atoms with Crippen LogP contribution in [0.3, 0.4) is 0 Å². The van der Waals surface area contributed by atoms with Crippen LogP contribution < -0.4 is 15.4 Å². The molecular weight excluding hydrogens is 434 g/mol. The van der Waals surface area contributed by atoms with E-state index in [1.54, 1.807) is 27.8 Å². The smallest absolute Gasteiger partial charge is 0.419 e. The molecule has 2 aromatic heterocycles. The average Bonchev–Trinajstić information content (AvgIpc) is 2.94. The average molecular weight is 453 g/mol. The van der Waals surface area contributed by atoms with Crippen molar-refractivity contribution >= 4 is 28.7 Å². The number of urea groups is 1. The fourth-order valence-electron chi connectivity index (χ4n) is 2.96. The number of nitrogens with one attached hydrogen (secondary N) is 2. The minimum absolute atomic E-state index is 0.0399. The molecule has 1 aromatic carbocycles. The summed E-state index contributed by atoms with van der Waals surface area (Å²) in [4.78, 5) is 29.3. The van der Waals surface area contributed by atoms with Crippen molar-refractivity contribution < 1.29 is 31.9 Å². The van der Waals surface area contributed by atoms with E-state index in [-0.39, 0.29) is 23.2 Å². The van der Waals surface area contributed by atoms with Crippen molar-refractivity contribution in [3.63, 3.8) is 0 Å². The van der Waals surface area contributed by atoms with Crippen molar-refractivity contribution in [2.75, 3.05) is 5.32 Å². The van der Waals surface area contributed by atoms with Crippen LogP contribution in [0.25, 0.3) is 11.0 Å². The summed E-state index contributed by atoms with van der Waals surface area (Å²) < 4.78 is 59.1. The number of nitrogens with zero attached hydrogens (tertiary/aromatic N) is 3. The molecule has 0 spiro atoms. The van der Waals surface area contributed by atoms with Crippen LogP contribution in [0.1, 0.15) is 35.5 Å². The number of halogens is 4. The van der Waals surface area contributed by atoms with Crippen LogP contribution in [-0.2, 0) is 13.2 Å². The third-order valence-electron chi connectivity index (χ3n) is 4.31. The summed E-state index contributed by atoms with van der Waals surface area (Å²) in [6, 6.07) is 2.28. The second kappa shape index (κ2) is 8.44. The zero-order chi connectivity index (χ0) is 23.8. The number of alkyl halides is 3. The molecule has 8 nitrogen and oxygen atoms in total. The molecule has 3 aromatic rings. The van der Waals surface area contributed by atoms with Crippen molar-refractivity contribution in [1.29, 1.82) is 0 Å². The lowest BCUT2D eigenvalue weighted by Gasteiger charge is -2.14. The minimum Gasteiger partial charge on any atom is -0.474 e. The molecule has 3 rings (SSSR count). The van der Waals surface area contributed by atoms with Gasteiger partial charge in [-0.1, -0.05) is 0 Å². The summed E-state index contributed by atoms with van der Waals surface area (Å²) in [5.74, 6) is -2.42. The van der Waals surface area contributed by atoms with Crippen LogP contribution in [0.2, 0.25) is 0 Å². The molecule has 0 radical (unpaired) electrons. The maximum atomic E-state index is 13.4. The Morgan fingerprint density at radius 3 is 2.50 bits per heavy atom. The highest BCUT2D eigenvalue weighted by molar-refractivity contribution is 6.10. The highest BCUT2D eigenvalue weighted by Gasteiger charge is 2.34. The van der Waals surface area contributed by atoms with Crippen molar-refractivity contribution in [1.82, 2.24) is 20.1 Å². The van der Waals surface area contributed by atoms with Gasteiger partial charge in [0, 0.05) is 18.1 Å². The Balaban J connectivity index is 1.86. The van der Waals surface area contributed by atoms with E-state index in [0.717, 1.165) is 6.07 Å². The van der Waals surface area contributed by atoms with Crippen LogP contribution in [-0.4, -0.2) is 32.8 Å². The van der Waals surface area contributed by atoms with Crippen LogP contribution in [0, 0.1) is 12.7 Å². The molecule has 0 saturated heterocycles. The van der Waals surface area contributed by atoms with Crippen LogP contribution in [0.15, 0.2) is 24.3 Å². The molecule has 0 atom stereocenters. The number of pyridine rings is 1. The van der Waals surface area contributed by atoms with Gasteiger partial charge < -0.3 is 10.1 Å². The van der Waals surface area contributed by atoms with E-state index in [4.69, 9.17) is 4.74 Å². The normalized spacial score (nSPS) is 11.7. The first-order chi connectivity index (χ1) is 14.9. The molecule has 0 fully saturated rings. The fourth-order valence-corrected chi connectivity index (χ4v) is 2.96. The number of hydrogen-bond donors (Lipinski definition) is 2. The lowest BCUT2D eigenvalue weighted by atomic mass is 10.1. The van der Waals surface area contributed by atoms with Gasteiger partial charge in [0.15, 0.2) is 5.65 Å². The molecule has 0 aliphatic heterocycles. The first kappa shape index (κ1) is 23.0. The van der Waals surface area contributed by atoms with E-state index in [9.17, 15) is 27.2 Å². The monoisotopic (exact) mass is 453 g/mol. The van der Waals surface area contributed by atoms with Crippen molar-refractivity contribution in [3.05, 3.63) is 46.9 Å². The van der Waals surface area contributed by atoms with Gasteiger partial charge in [0.05, 0.1) is 17.4 Å². The summed E-state index contributed by atoms with van der Waals surface area (Å²) in [6.07, 6.45) is -5.28. The van der Waals surface area contributed by atoms with E-state index in [1.807, 2.05) is 5.32 Å². The number of rotatable bonds is 4. The Hall–Kier alpha value is -3.70. The Bertz CT molecular complexity index is 1200. The number of benzene rings is 1. The first-order valence-electron chi connectivity index (χ1n) is 9.37. The number of fused-ring (bicyclic) bond motifs is 1. The molecule has 2 N–H and O–H groups in total. The SMILES string of the molecule is Cc1nn(C)c2nc(OC(C)C)c(C(=O)NC(=O)Nc3ccc(F)c(C(F)(F)F)c3)cc12. The standard InChI is InChI=1S/C20H19F4N5O3/c1-9(2)32-18-13(8-12-10(3)28-29(4)16(12)26-18)17(30)27-19(31)25-11-5-6-15(21)14(7-11)20(22,23)24/h5-9H,1-4H3,(H2,25,27,30,31). The number of hydrogen-bond acceptors (Lipinski definition) is 5. The number of amides is 3. The lowest BCUT2D eigenvalue weighted by molar-refractivity contribution is -0.139. The largest absolute Gasteiger partial charge is 0.474 e. The zero-order valence-corrected chi connectivity index (χ0v) is 17.5. The number of aromatic nitrogens is 3. The molecule has 12 heteroatoms. The Kier molecular flexibility index (Phi) is 6.06. The third kappa shape index (κ3) is 4.79. The van der Waals surface area contributed by atoms with Crippen molar-refractivity contribution in [3.8, 4) is 5.88 Å². The summed E-state index contributed by atoms with van der Waals surface area (Å²) in [5, 5.41) is 8.88. The number of ether oxygens (including phenoxy) is 1. The second-order valence-electron chi connectivity index (χ2n) is 7.19. The molecule has 0 unspecified atom stereocenters. The Labute approximate surface area is 179 Å². The minimum atomic E-state index is -4.94. The maximum Gasteiger partial charge on any atom is 0.419 e. The highest BCUT2D eigenvalue weighted by Crippen LogP contribution is 2.33. The van der Waals surface area contributed by atoms with Gasteiger partial charge in [-0.3, -0.25) is 14.8 Å². The van der Waals surface area contributed by atoms with Crippen molar-refractivity contribution in [2.45, 2.75) is 33.1 Å². The van der Waals surface area contributed by atoms with Crippen LogP contribution in [0.5, 0.6) is 5.88 Å². The fraction of sp³-hybridized carbons (Fsp3) is 0.300. The number of carbonyl (C=O) groups is 2. The Morgan fingerprint density at radius 2 is 1.88 bits per heavy atom. The van der Waals surface area contributed by atoms with E-state index >= 15 is 0 Å². The van der Waals surface area contributed by atoms with Gasteiger partial charge in [0.25, 0.3) is 5.91 Å². The lowest BCUT2D eigenvalue weighted by Crippen LogP contribution is -2.35. The molecule has 0 aliphatic carbocycles. The predicted octanol–water partition coefficient (Wildman–Crippen LogP) is 4.18. The van der Waals surface area contributed by atoms with Gasteiger partial charge in [-0.25, -0.2) is 9.18 Å². The molecule has 32 heavy (non-hydrogen) atoms. The summed E-state index contributed by atoms with van der Waals surface area (Å²) in [7, 11) is 1.67. The molecule has 170 valence electrons. The van der Waals surface area contributed by atoms with E-state index in [0.29, 0.717) is 28.9 Å². The highest BCUT2D eigenvalue weighted by atomic mass is 19.4. The van der Waals surface area contributed by atoms with Gasteiger partial charge in [-0.05, 0) is 45.0 Å². The Morgan fingerprint density at radius 1 is 1.19 bits per heavy atom. The molecule has 0 aliphatic rings. The van der Waals surface area contributed by atoms with Gasteiger partial charge in [-0.2, -0.15) is 23.3 Å². The van der Waals surface area contributed by atoms with E-state index in [2.05, 4.69) is 15.4 Å². The summed E-state index contributed by atoms with van der Waals surface area (Å²) >= 11 is 0. The van der Waals surface area contributed by atoms with Gasteiger partial charge >= 0.3 is 12.2 Å². The molecular formula is C20H19F4N5O3. The quantitative estimate of drug-likeness (QED) is 0.578. The predicted molar refractivity (Wildman–Crippen MR) is 107 cm³/mol. The molecule has 0 bridgehead atoms. The number of anilines is 1. The number of imide groups is 1. The molecule has 3 amide bonds. The van der Waals surface area contributed by atoms with E-state index < -0.39 is 29.5 Å².